The van der Waals surface area contributed by atoms with Crippen LogP contribution in [0.1, 0.15) is 16.6 Å². The lowest BCUT2D eigenvalue weighted by atomic mass is 10.1. The van der Waals surface area contributed by atoms with E-state index in [2.05, 4.69) is 30.1 Å². The van der Waals surface area contributed by atoms with Crippen LogP contribution < -0.4 is 0 Å². The number of carbonyl (C=O) groups is 1. The van der Waals surface area contributed by atoms with Crippen LogP contribution in [0.2, 0.25) is 0 Å². The van der Waals surface area contributed by atoms with Gasteiger partial charge in [0.1, 0.15) is 5.69 Å². The molecule has 0 bridgehead atoms. The summed E-state index contributed by atoms with van der Waals surface area (Å²) in [7, 11) is 0. The Kier molecular flexibility index (Phi) is 4.19. The molecule has 0 saturated heterocycles. The molecule has 0 spiro atoms. The molecule has 0 aliphatic carbocycles. The minimum absolute atomic E-state index is 0.0578. The maximum absolute atomic E-state index is 11.7. The summed E-state index contributed by atoms with van der Waals surface area (Å²) in [5.41, 5.74) is 5.93. The molecule has 2 N–H and O–H groups in total. The Morgan fingerprint density at radius 1 is 0.938 bits per heavy atom. The maximum atomic E-state index is 11.7. The zero-order chi connectivity index (χ0) is 21.7. The number of H-pyrrole nitrogens is 2. The summed E-state index contributed by atoms with van der Waals surface area (Å²) in [5.74, 6) is 0.0578. The first-order valence-corrected chi connectivity index (χ1v) is 10.8. The number of fused-ring (bicyclic) bond motifs is 2. The van der Waals surface area contributed by atoms with Gasteiger partial charge in [-0.15, -0.1) is 11.3 Å². The highest BCUT2D eigenvalue weighted by atomic mass is 32.1. The molecule has 0 amide bonds. The summed E-state index contributed by atoms with van der Waals surface area (Å²) in [6, 6.07) is 15.6. The van der Waals surface area contributed by atoms with E-state index in [-0.39, 0.29) is 5.78 Å². The number of hydrogen-bond donors (Lipinski definition) is 2. The molecule has 0 saturated carbocycles. The van der Waals surface area contributed by atoms with Gasteiger partial charge in [0.05, 0.1) is 26.8 Å². The summed E-state index contributed by atoms with van der Waals surface area (Å²) in [6.07, 6.45) is 5.34. The largest absolute Gasteiger partial charge is 0.353 e. The molecule has 6 heterocycles. The van der Waals surface area contributed by atoms with Crippen LogP contribution >= 0.6 is 11.3 Å². The number of pyridine rings is 3. The molecule has 7 nitrogen and oxygen atoms in total. The minimum atomic E-state index is 0.0578. The van der Waals surface area contributed by atoms with Crippen molar-refractivity contribution in [3.63, 3.8) is 0 Å². The topological polar surface area (TPSA) is 100 Å². The van der Waals surface area contributed by atoms with E-state index >= 15 is 0 Å². The van der Waals surface area contributed by atoms with Gasteiger partial charge in [0.25, 0.3) is 0 Å². The number of carbonyl (C=O) groups excluding carboxylic acids is 1. The Morgan fingerprint density at radius 2 is 1.88 bits per heavy atom. The van der Waals surface area contributed by atoms with Crippen LogP contribution in [-0.2, 0) is 0 Å². The number of nitrogens with zero attached hydrogens (tertiary/aromatic N) is 4. The van der Waals surface area contributed by atoms with E-state index in [1.165, 1.54) is 11.3 Å². The second-order valence-electron chi connectivity index (χ2n) is 7.43. The molecule has 0 aliphatic heterocycles. The molecule has 154 valence electrons. The predicted octanol–water partition coefficient (Wildman–Crippen LogP) is 5.49. The number of nitrogens with one attached hydrogen (secondary N) is 2. The third kappa shape index (κ3) is 3.00. The van der Waals surface area contributed by atoms with Gasteiger partial charge in [-0.2, -0.15) is 5.10 Å². The summed E-state index contributed by atoms with van der Waals surface area (Å²) in [4.78, 5) is 30.4. The summed E-state index contributed by atoms with van der Waals surface area (Å²) >= 11 is 1.45. The van der Waals surface area contributed by atoms with E-state index in [1.807, 2.05) is 48.5 Å². The molecule has 6 rings (SSSR count). The quantitative estimate of drug-likeness (QED) is 0.356. The van der Waals surface area contributed by atoms with E-state index in [1.54, 1.807) is 25.5 Å². The van der Waals surface area contributed by atoms with Crippen molar-refractivity contribution in [2.75, 3.05) is 0 Å². The van der Waals surface area contributed by atoms with Gasteiger partial charge in [0, 0.05) is 40.4 Å². The lowest BCUT2D eigenvalue weighted by molar-refractivity contribution is 0.102. The normalized spacial score (nSPS) is 11.4. The van der Waals surface area contributed by atoms with Gasteiger partial charge in [-0.05, 0) is 49.4 Å². The molecule has 0 aromatic carbocycles. The SMILES string of the molecule is CC(=O)c1ccc(-c2nccc3[nH]c(-c4n[nH]c5ncc(-c6ccccn6)cc45)cc23)s1. The molecule has 6 aromatic rings. The first-order valence-electron chi connectivity index (χ1n) is 10.0. The van der Waals surface area contributed by atoms with Crippen molar-refractivity contribution in [2.24, 2.45) is 0 Å². The zero-order valence-corrected chi connectivity index (χ0v) is 17.8. The standard InChI is InChI=1S/C24H16N6OS/c1-13(31)20-5-6-21(32-20)23-15-11-19(28-18(15)7-9-26-23)22-16-10-14(12-27-24(16)30-29-22)17-4-2-3-8-25-17/h2-12,28H,1H3,(H,27,29,30). The van der Waals surface area contributed by atoms with Gasteiger partial charge in [0.15, 0.2) is 11.4 Å². The summed E-state index contributed by atoms with van der Waals surface area (Å²) in [6.45, 7) is 1.58. The Morgan fingerprint density at radius 3 is 2.69 bits per heavy atom. The fraction of sp³-hybridized carbons (Fsp3) is 0.0417. The van der Waals surface area contributed by atoms with Gasteiger partial charge < -0.3 is 4.98 Å². The van der Waals surface area contributed by atoms with Crippen molar-refractivity contribution in [1.82, 2.24) is 30.1 Å². The average Bonchev–Trinajstić information content (AvgIpc) is 3.56. The molecular formula is C24H16N6OS. The number of aromatic nitrogens is 6. The number of Topliss-reactive ketones (excluding diaryl/α,β-unsaturated/α-hetero) is 1. The molecule has 32 heavy (non-hydrogen) atoms. The lowest BCUT2D eigenvalue weighted by Crippen LogP contribution is -1.85. The third-order valence-corrected chi connectivity index (χ3v) is 6.56. The number of ketones is 1. The number of hydrogen-bond acceptors (Lipinski definition) is 6. The molecule has 8 heteroatoms. The highest BCUT2D eigenvalue weighted by Crippen LogP contribution is 2.36. The van der Waals surface area contributed by atoms with Crippen molar-refractivity contribution in [2.45, 2.75) is 6.92 Å². The van der Waals surface area contributed by atoms with Crippen LogP contribution in [0, 0.1) is 0 Å². The molecule has 0 atom stereocenters. The van der Waals surface area contributed by atoms with Crippen molar-refractivity contribution >= 4 is 39.1 Å². The lowest BCUT2D eigenvalue weighted by Gasteiger charge is -2.00. The molecule has 0 aliphatic rings. The smallest absolute Gasteiger partial charge is 0.169 e. The van der Waals surface area contributed by atoms with E-state index in [0.717, 1.165) is 54.4 Å². The minimum Gasteiger partial charge on any atom is -0.353 e. The second-order valence-corrected chi connectivity index (χ2v) is 8.52. The van der Waals surface area contributed by atoms with Gasteiger partial charge in [-0.1, -0.05) is 6.07 Å². The van der Waals surface area contributed by atoms with Gasteiger partial charge in [-0.3, -0.25) is 19.9 Å². The number of aromatic amines is 2. The Labute approximate surface area is 186 Å². The fourth-order valence-electron chi connectivity index (χ4n) is 3.81. The van der Waals surface area contributed by atoms with E-state index in [9.17, 15) is 4.79 Å². The fourth-order valence-corrected chi connectivity index (χ4v) is 4.73. The molecule has 0 fully saturated rings. The van der Waals surface area contributed by atoms with E-state index in [4.69, 9.17) is 0 Å². The number of thiophene rings is 1. The average molecular weight is 437 g/mol. The Hall–Kier alpha value is -4.17. The second kappa shape index (κ2) is 7.21. The Balaban J connectivity index is 1.49. The Bertz CT molecular complexity index is 1610. The van der Waals surface area contributed by atoms with Crippen molar-refractivity contribution in [1.29, 1.82) is 0 Å². The van der Waals surface area contributed by atoms with Crippen LogP contribution in [0.25, 0.3) is 55.2 Å². The highest BCUT2D eigenvalue weighted by molar-refractivity contribution is 7.17. The van der Waals surface area contributed by atoms with Crippen LogP contribution in [-0.4, -0.2) is 35.9 Å². The summed E-state index contributed by atoms with van der Waals surface area (Å²) < 4.78 is 0. The first kappa shape index (κ1) is 18.6. The molecule has 6 aromatic heterocycles. The first-order chi connectivity index (χ1) is 15.7. The molecular weight excluding hydrogens is 420 g/mol. The van der Waals surface area contributed by atoms with Crippen molar-refractivity contribution < 1.29 is 4.79 Å². The van der Waals surface area contributed by atoms with Crippen LogP contribution in [0.3, 0.4) is 0 Å². The van der Waals surface area contributed by atoms with Crippen molar-refractivity contribution in [3.8, 4) is 33.2 Å². The van der Waals surface area contributed by atoms with Crippen LogP contribution in [0.5, 0.6) is 0 Å². The predicted molar refractivity (Wildman–Crippen MR) is 126 cm³/mol. The third-order valence-electron chi connectivity index (χ3n) is 5.37. The summed E-state index contributed by atoms with van der Waals surface area (Å²) in [5, 5.41) is 9.43. The monoisotopic (exact) mass is 436 g/mol. The van der Waals surface area contributed by atoms with E-state index < -0.39 is 0 Å². The van der Waals surface area contributed by atoms with Crippen LogP contribution in [0.15, 0.2) is 67.1 Å². The van der Waals surface area contributed by atoms with Crippen LogP contribution in [0.4, 0.5) is 0 Å². The van der Waals surface area contributed by atoms with Gasteiger partial charge in [0.2, 0.25) is 0 Å². The molecule has 0 unspecified atom stereocenters. The van der Waals surface area contributed by atoms with Crippen molar-refractivity contribution in [3.05, 3.63) is 72.0 Å². The van der Waals surface area contributed by atoms with Gasteiger partial charge >= 0.3 is 0 Å². The highest BCUT2D eigenvalue weighted by Gasteiger charge is 2.17. The maximum Gasteiger partial charge on any atom is 0.169 e. The zero-order valence-electron chi connectivity index (χ0n) is 17.0. The van der Waals surface area contributed by atoms with Gasteiger partial charge in [-0.25, -0.2) is 4.98 Å². The number of rotatable bonds is 4. The van der Waals surface area contributed by atoms with E-state index in [0.29, 0.717) is 5.65 Å². The molecule has 0 radical (unpaired) electrons.